The maximum absolute atomic E-state index is 15.1. The molecule has 40 nitrogen and oxygen atoms in total. The summed E-state index contributed by atoms with van der Waals surface area (Å²) in [4.78, 5) is 114. The molecule has 2 aliphatic rings. The number of hydrogen-bond donors (Lipinski definition) is 22. The highest BCUT2D eigenvalue weighted by molar-refractivity contribution is 5.98. The number of carbonyl (C=O) groups excluding carboxylic acids is 1. The van der Waals surface area contributed by atoms with Gasteiger partial charge in [-0.2, -0.15) is 0 Å². The molecule has 0 aliphatic carbocycles. The van der Waals surface area contributed by atoms with Crippen LogP contribution in [0.5, 0.6) is 5.75 Å². The van der Waals surface area contributed by atoms with Gasteiger partial charge in [-0.15, -0.1) is 0 Å². The molecule has 107 heavy (non-hydrogen) atoms. The average molecular weight is 1500 g/mol. The molecule has 2 aliphatic heterocycles. The van der Waals surface area contributed by atoms with Crippen LogP contribution in [-0.2, 0) is 46.3 Å². The Labute approximate surface area is 604 Å². The molecule has 574 valence electrons. The Morgan fingerprint density at radius 1 is 0.598 bits per heavy atom. The maximum atomic E-state index is 15.1. The van der Waals surface area contributed by atoms with Gasteiger partial charge in [-0.1, -0.05) is 68.8 Å². The summed E-state index contributed by atoms with van der Waals surface area (Å²) in [5.74, 6) is -26.2. The lowest BCUT2D eigenvalue weighted by Crippen LogP contribution is -2.42. The average Bonchev–Trinajstić information content (AvgIpc) is 1.78. The Balaban J connectivity index is 1.54. The number of cyclic esters (lactones) is 1. The second kappa shape index (κ2) is 37.2. The summed E-state index contributed by atoms with van der Waals surface area (Å²) >= 11 is 0. The van der Waals surface area contributed by atoms with Gasteiger partial charge < -0.3 is 116 Å². The Hall–Kier alpha value is -12.6. The van der Waals surface area contributed by atoms with Gasteiger partial charge in [-0.3, -0.25) is 24.6 Å². The van der Waals surface area contributed by atoms with Crippen LogP contribution in [0.2, 0.25) is 0 Å². The molecule has 15 atom stereocenters. The number of H-pyrrole nitrogens is 2. The molecule has 0 spiro atoms. The topological polar surface area (TPSA) is 683 Å². The Morgan fingerprint density at radius 3 is 1.63 bits per heavy atom. The van der Waals surface area contributed by atoms with Crippen molar-refractivity contribution in [3.63, 3.8) is 0 Å². The van der Waals surface area contributed by atoms with Gasteiger partial charge in [0.15, 0.2) is 42.4 Å². The first-order chi connectivity index (χ1) is 50.7. The summed E-state index contributed by atoms with van der Waals surface area (Å²) in [7, 11) is 0. The fourth-order valence-corrected chi connectivity index (χ4v) is 11.0. The summed E-state index contributed by atoms with van der Waals surface area (Å²) < 4.78 is 11.4. The Morgan fingerprint density at radius 2 is 1.09 bits per heavy atom. The third-order valence-electron chi connectivity index (χ3n) is 16.4. The molecule has 1 fully saturated rings. The number of rotatable bonds is 23. The van der Waals surface area contributed by atoms with Crippen LogP contribution < -0.4 is 0 Å². The van der Waals surface area contributed by atoms with Gasteiger partial charge in [0, 0.05) is 47.0 Å². The number of aromatic nitrogens is 2. The number of phenols is 1. The molecule has 0 radical (unpaired) electrons. The fraction of sp³-hybridized carbons (Fsp3) is 0.418. The van der Waals surface area contributed by atoms with Crippen molar-refractivity contribution in [1.82, 2.24) is 9.97 Å². The van der Waals surface area contributed by atoms with Crippen molar-refractivity contribution in [3.8, 4) is 5.75 Å². The minimum Gasteiger partial charge on any atom is -0.508 e. The van der Waals surface area contributed by atoms with E-state index in [2.05, 4.69) is 64.9 Å². The maximum Gasteiger partial charge on any atom is 0.331 e. The van der Waals surface area contributed by atoms with Crippen molar-refractivity contribution in [1.29, 1.82) is 5.41 Å². The van der Waals surface area contributed by atoms with Gasteiger partial charge in [0.05, 0.1) is 38.4 Å². The number of aromatic hydroxyl groups is 1. The van der Waals surface area contributed by atoms with Gasteiger partial charge in [0.25, 0.3) is 0 Å². The summed E-state index contributed by atoms with van der Waals surface area (Å²) in [5, 5.41) is 220. The van der Waals surface area contributed by atoms with E-state index in [1.807, 2.05) is 6.92 Å². The molecule has 22 N–H and O–H groups in total. The number of aliphatic hydroxyl groups excluding tert-OH is 14. The molecule has 2 aromatic heterocycles. The first kappa shape index (κ1) is 81.7. The number of epoxide rings is 1. The van der Waals surface area contributed by atoms with E-state index in [-0.39, 0.29) is 16.7 Å². The van der Waals surface area contributed by atoms with Crippen molar-refractivity contribution in [3.05, 3.63) is 102 Å². The minimum atomic E-state index is -2.69. The molecule has 3 aromatic carbocycles. The molecule has 7 rings (SSSR count). The van der Waals surface area contributed by atoms with E-state index < -0.39 is 249 Å². The van der Waals surface area contributed by atoms with Crippen molar-refractivity contribution >= 4 is 122 Å². The number of hydrogen-bond acceptors (Lipinski definition) is 22. The minimum absolute atomic E-state index is 0.260. The highest BCUT2D eigenvalue weighted by Gasteiger charge is 2.44. The van der Waals surface area contributed by atoms with Crippen LogP contribution in [0.25, 0.3) is 21.8 Å². The molecule has 0 bridgehead atoms. The fourth-order valence-electron chi connectivity index (χ4n) is 11.0. The van der Waals surface area contributed by atoms with Crippen LogP contribution in [0.1, 0.15) is 82.0 Å². The summed E-state index contributed by atoms with van der Waals surface area (Å²) in [6, 6.07) is -4.74. The Bertz CT molecular complexity index is 4410. The zero-order valence-electron chi connectivity index (χ0n) is 57.1. The second-order valence-corrected chi connectivity index (χ2v) is 24.6. The highest BCUT2D eigenvalue weighted by atomic mass is 16.6. The van der Waals surface area contributed by atoms with Crippen LogP contribution in [0.3, 0.4) is 0 Å². The van der Waals surface area contributed by atoms with E-state index in [1.165, 1.54) is 12.4 Å². The van der Waals surface area contributed by atoms with Crippen LogP contribution in [0, 0.1) is 11.3 Å². The zero-order chi connectivity index (χ0) is 78.7. The third-order valence-corrected chi connectivity index (χ3v) is 16.4. The zero-order valence-corrected chi connectivity index (χ0v) is 57.1. The molecule has 0 amide bonds. The van der Waals surface area contributed by atoms with E-state index in [9.17, 15) is 116 Å². The van der Waals surface area contributed by atoms with Crippen molar-refractivity contribution < 1.29 is 130 Å². The quantitative estimate of drug-likeness (QED) is 0.0183. The summed E-state index contributed by atoms with van der Waals surface area (Å²) in [6.07, 6.45) is -8.26. The van der Waals surface area contributed by atoms with Crippen molar-refractivity contribution in [2.24, 2.45) is 60.8 Å². The SMILES string of the molecule is CCCC1OC1C(O)=N[C@@H](CO)C(O)=N[C@@H]1C(O)=N[C@H](Cc2c[nH]c3ccccc23)C(O)=N[C@@H](CC(=O)O)C(O)=N[C@@H](CC(=O)O)C(O)=N[C@H](c2ccc(O)cc2)C(O)=N[C@@H](CC(=O)O)C(O)=NCC(O)=N[C@H]([C@H](O)C(=N)O)C(O)=N[C@@H](C(C)CC(=O)O)C(O)=N[C@@H](Cc2c[nH]c3ccccc23)C(=O)OC1C. The van der Waals surface area contributed by atoms with Crippen molar-refractivity contribution in [2.45, 2.75) is 157 Å². The van der Waals surface area contributed by atoms with Gasteiger partial charge >= 0.3 is 29.8 Å². The van der Waals surface area contributed by atoms with Crippen LogP contribution in [0.15, 0.2) is 140 Å². The second-order valence-electron chi connectivity index (χ2n) is 24.6. The van der Waals surface area contributed by atoms with Gasteiger partial charge in [0.1, 0.15) is 48.6 Å². The number of nitrogens with zero attached hydrogens (tertiary/aromatic N) is 11. The standard InChI is InChI=1S/C67H80N14O26/c1-4-9-44-55(107-44)66(104)77-43(27-82)61(99)80-51-29(3)106-67(105)42(20-32-25-70-37-13-8-6-11-35(32)37)76-62(100)50(28(2)18-46(85)86)79-65(103)53(54(93)56(68)94)78-45(84)26-71-57(95)39(21-47(87)88)75-64(102)52(30-14-16-33(83)17-15-30)81-60(98)41(23-49(91)92)73-59(97)40(22-48(89)90)72-58(96)38(74-63(51)101)19-31-24-69-36-12-7-5-10-34(31)36/h5-8,10-17,24-25,28-29,38-44,50-55,69-70,82-83,93H,4,9,18-23,26-27H2,1-3H3,(H2,68,94)(H,71,95)(H,72,96)(H,73,97)(H,74,101)(H,75,102)(H,76,100)(H,77,104)(H,78,84)(H,79,103)(H,80,99)(H,81,98)(H,85,86)(H,87,88)(H,89,90)(H,91,92)/t28?,29?,38-,39+,40+,41+,42+,43+,44?,50+,51+,52-,53-,54+,55?/m1/s1. The largest absolute Gasteiger partial charge is 0.508 e. The van der Waals surface area contributed by atoms with Crippen molar-refractivity contribution in [2.75, 3.05) is 13.2 Å². The molecule has 4 unspecified atom stereocenters. The number of aliphatic carboxylic acids is 4. The Kier molecular flexibility index (Phi) is 28.4. The summed E-state index contributed by atoms with van der Waals surface area (Å²) in [6.45, 7) is 1.62. The monoisotopic (exact) mass is 1500 g/mol. The number of ether oxygens (including phenoxy) is 2. The number of carbonyl (C=O) groups is 5. The predicted molar refractivity (Wildman–Crippen MR) is 385 cm³/mol. The molecule has 0 saturated carbocycles. The molecular formula is C67H80N14O26. The van der Waals surface area contributed by atoms with Crippen LogP contribution >= 0.6 is 0 Å². The van der Waals surface area contributed by atoms with E-state index in [0.717, 1.165) is 38.1 Å². The first-order valence-electron chi connectivity index (χ1n) is 32.7. The van der Waals surface area contributed by atoms with E-state index in [0.29, 0.717) is 34.6 Å². The molecular weight excluding hydrogens is 1420 g/mol. The number of aliphatic hydroxyl groups is 14. The molecule has 5 aromatic rings. The van der Waals surface area contributed by atoms with Gasteiger partial charge in [-0.05, 0) is 60.2 Å². The van der Waals surface area contributed by atoms with E-state index >= 15 is 4.79 Å². The predicted octanol–water partition coefficient (Wildman–Crippen LogP) is 4.66. The number of carboxylic acids is 4. The number of phenolic OH excluding ortho intramolecular Hbond substituents is 1. The number of esters is 1. The lowest BCUT2D eigenvalue weighted by molar-refractivity contribution is -0.150. The van der Waals surface area contributed by atoms with Gasteiger partial charge in [-0.25, -0.2) is 59.7 Å². The number of fused-ring (bicyclic) bond motifs is 2. The first-order valence-corrected chi connectivity index (χ1v) is 32.7. The number of carboxylic acid groups (broad SMARTS) is 4. The smallest absolute Gasteiger partial charge is 0.331 e. The number of para-hydroxylation sites is 2. The number of aromatic amines is 2. The van der Waals surface area contributed by atoms with E-state index in [4.69, 9.17) is 14.9 Å². The summed E-state index contributed by atoms with van der Waals surface area (Å²) in [5.41, 5.74) is 1.27. The highest BCUT2D eigenvalue weighted by Crippen LogP contribution is 2.30. The molecule has 40 heteroatoms. The van der Waals surface area contributed by atoms with E-state index in [1.54, 1.807) is 48.5 Å². The van der Waals surface area contributed by atoms with Crippen LogP contribution in [-0.4, -0.2) is 300 Å². The lowest BCUT2D eigenvalue weighted by atomic mass is 9.97. The third kappa shape index (κ3) is 22.7. The number of nitrogens with one attached hydrogen (secondary N) is 3. The van der Waals surface area contributed by atoms with Gasteiger partial charge in [0.2, 0.25) is 70.8 Å². The van der Waals surface area contributed by atoms with Crippen LogP contribution in [0.4, 0.5) is 0 Å². The number of benzene rings is 3. The lowest BCUT2D eigenvalue weighted by Gasteiger charge is -2.24. The normalized spacial score (nSPS) is 24.9. The number of aliphatic imine (C=N–C) groups is 11. The molecule has 4 heterocycles. The molecule has 1 saturated heterocycles.